The zero-order chi connectivity index (χ0) is 13.2. The monoisotopic (exact) mass is 335 g/mol. The molecular weight excluding hydrogens is 322 g/mol. The fraction of sp³-hybridized carbons (Fsp3) is 0.357. The molecule has 19 heavy (non-hydrogen) atoms. The van der Waals surface area contributed by atoms with Crippen molar-refractivity contribution in [3.63, 3.8) is 0 Å². The average molecular weight is 336 g/mol. The van der Waals surface area contributed by atoms with E-state index in [0.717, 1.165) is 5.96 Å². The number of hydrogen-bond donors (Lipinski definition) is 1. The van der Waals surface area contributed by atoms with Crippen molar-refractivity contribution in [2.24, 2.45) is 4.99 Å². The molecule has 1 aromatic rings. The Balaban J connectivity index is 1.85. The summed E-state index contributed by atoms with van der Waals surface area (Å²) in [7, 11) is 0. The minimum atomic E-state index is -0.0504. The van der Waals surface area contributed by atoms with E-state index in [0.29, 0.717) is 0 Å². The third kappa shape index (κ3) is 1.48. The maximum absolute atomic E-state index is 4.92. The molecular formula is C14H14BrN3S. The van der Waals surface area contributed by atoms with Crippen LogP contribution in [0.1, 0.15) is 25.5 Å². The van der Waals surface area contributed by atoms with Gasteiger partial charge in [0.2, 0.25) is 5.96 Å². The van der Waals surface area contributed by atoms with Crippen LogP contribution in [0.25, 0.3) is 0 Å². The minimum absolute atomic E-state index is 0.0504. The lowest BCUT2D eigenvalue weighted by Crippen LogP contribution is -2.51. The first-order valence-corrected chi connectivity index (χ1v) is 7.99. The summed E-state index contributed by atoms with van der Waals surface area (Å²) in [5.74, 6) is 0.991. The Hall–Kier alpha value is -0.940. The second-order valence-corrected chi connectivity index (χ2v) is 7.69. The molecule has 0 bridgehead atoms. The molecule has 0 spiro atoms. The first kappa shape index (κ1) is 11.9. The fourth-order valence-electron chi connectivity index (χ4n) is 2.93. The van der Waals surface area contributed by atoms with Gasteiger partial charge in [-0.15, -0.1) is 0 Å². The molecule has 3 nitrogen and oxygen atoms in total. The van der Waals surface area contributed by atoms with Gasteiger partial charge in [-0.25, -0.2) is 4.99 Å². The summed E-state index contributed by atoms with van der Waals surface area (Å²) >= 11 is 5.54. The van der Waals surface area contributed by atoms with Crippen LogP contribution in [0.3, 0.4) is 0 Å². The number of thioether (sulfide) groups is 1. The zero-order valence-corrected chi connectivity index (χ0v) is 13.1. The van der Waals surface area contributed by atoms with E-state index in [2.05, 4.69) is 70.5 Å². The minimum Gasteiger partial charge on any atom is -0.349 e. The molecule has 0 saturated carbocycles. The van der Waals surface area contributed by atoms with E-state index in [-0.39, 0.29) is 17.0 Å². The van der Waals surface area contributed by atoms with Crippen molar-refractivity contribution >= 4 is 33.7 Å². The largest absolute Gasteiger partial charge is 0.349 e. The molecule has 0 amide bonds. The van der Waals surface area contributed by atoms with Gasteiger partial charge in [0.15, 0.2) is 0 Å². The number of benzene rings is 1. The van der Waals surface area contributed by atoms with Gasteiger partial charge in [0.25, 0.3) is 0 Å². The molecule has 0 aliphatic carbocycles. The molecule has 4 rings (SSSR count). The van der Waals surface area contributed by atoms with Gasteiger partial charge >= 0.3 is 0 Å². The second kappa shape index (κ2) is 3.79. The number of nitrogens with one attached hydrogen (secondary N) is 1. The molecule has 1 N–H and O–H groups in total. The molecule has 3 atom stereocenters. The smallest absolute Gasteiger partial charge is 0.200 e. The second-order valence-electron chi connectivity index (χ2n) is 5.30. The molecule has 3 heterocycles. The first-order valence-electron chi connectivity index (χ1n) is 6.38. The van der Waals surface area contributed by atoms with Crippen molar-refractivity contribution < 1.29 is 0 Å². The van der Waals surface area contributed by atoms with E-state index in [1.165, 1.54) is 14.9 Å². The van der Waals surface area contributed by atoms with Gasteiger partial charge in [-0.2, -0.15) is 0 Å². The van der Waals surface area contributed by atoms with Gasteiger partial charge in [0, 0.05) is 15.6 Å². The van der Waals surface area contributed by atoms with Gasteiger partial charge in [-0.1, -0.05) is 45.9 Å². The summed E-state index contributed by atoms with van der Waals surface area (Å²) in [6.45, 7) is 4.41. The van der Waals surface area contributed by atoms with Crippen LogP contribution in [-0.4, -0.2) is 21.8 Å². The molecule has 5 heteroatoms. The molecule has 0 fully saturated rings. The highest BCUT2D eigenvalue weighted by Crippen LogP contribution is 2.58. The van der Waals surface area contributed by atoms with E-state index in [4.69, 9.17) is 4.99 Å². The topological polar surface area (TPSA) is 27.6 Å². The highest BCUT2D eigenvalue weighted by molar-refractivity contribution is 9.11. The van der Waals surface area contributed by atoms with Gasteiger partial charge < -0.3 is 10.2 Å². The molecule has 3 aliphatic heterocycles. The normalized spacial score (nSPS) is 35.0. The summed E-state index contributed by atoms with van der Waals surface area (Å²) in [6, 6.07) is 9.09. The zero-order valence-electron chi connectivity index (χ0n) is 10.7. The summed E-state index contributed by atoms with van der Waals surface area (Å²) in [5.41, 5.74) is 1.34. The molecule has 1 aromatic carbocycles. The molecule has 3 unspecified atom stereocenters. The lowest BCUT2D eigenvalue weighted by molar-refractivity contribution is 0.358. The Bertz CT molecular complexity index is 627. The Morgan fingerprint density at radius 2 is 2.21 bits per heavy atom. The Kier molecular flexibility index (Phi) is 2.37. The number of hydrogen-bond acceptors (Lipinski definition) is 4. The van der Waals surface area contributed by atoms with Crippen molar-refractivity contribution in [3.05, 3.63) is 40.5 Å². The van der Waals surface area contributed by atoms with Crippen LogP contribution in [0.2, 0.25) is 0 Å². The number of guanidine groups is 1. The van der Waals surface area contributed by atoms with Crippen LogP contribution >= 0.6 is 27.7 Å². The van der Waals surface area contributed by atoms with E-state index in [1.807, 2.05) is 11.8 Å². The van der Waals surface area contributed by atoms with Gasteiger partial charge in [-0.3, -0.25) is 0 Å². The Labute approximate surface area is 125 Å². The molecule has 0 radical (unpaired) electrons. The quantitative estimate of drug-likeness (QED) is 0.786. The third-order valence-corrected chi connectivity index (χ3v) is 6.32. The van der Waals surface area contributed by atoms with Crippen LogP contribution in [0.5, 0.6) is 0 Å². The van der Waals surface area contributed by atoms with Crippen molar-refractivity contribution in [1.29, 1.82) is 0 Å². The number of nitrogens with zero attached hydrogens (tertiary/aromatic N) is 2. The predicted octanol–water partition coefficient (Wildman–Crippen LogP) is 3.45. The summed E-state index contributed by atoms with van der Waals surface area (Å²) < 4.78 is 1.17. The van der Waals surface area contributed by atoms with Crippen LogP contribution in [-0.2, 0) is 0 Å². The maximum atomic E-state index is 4.92. The van der Waals surface area contributed by atoms with Gasteiger partial charge in [0.05, 0.1) is 6.04 Å². The van der Waals surface area contributed by atoms with Gasteiger partial charge in [-0.05, 0) is 25.5 Å². The first-order chi connectivity index (χ1) is 9.09. The highest BCUT2D eigenvalue weighted by atomic mass is 79.9. The van der Waals surface area contributed by atoms with E-state index < -0.39 is 0 Å². The molecule has 0 aromatic heterocycles. The summed E-state index contributed by atoms with van der Waals surface area (Å²) in [6.07, 6.45) is 2.18. The fourth-order valence-corrected chi connectivity index (χ4v) is 4.66. The van der Waals surface area contributed by atoms with E-state index >= 15 is 0 Å². The standard InChI is InChI=1S/C14H14BrN3S/c1-8-10(15)7-18-13(16-8)17-12-9-5-3-4-6-11(9)19-14(12,18)2/h3-8,12H,1-2H3,(H,16,17). The van der Waals surface area contributed by atoms with Crippen molar-refractivity contribution in [2.45, 2.75) is 35.7 Å². The average Bonchev–Trinajstić information content (AvgIpc) is 2.80. The van der Waals surface area contributed by atoms with Crippen LogP contribution in [0.15, 0.2) is 44.8 Å². The van der Waals surface area contributed by atoms with E-state index in [1.54, 1.807) is 0 Å². The maximum Gasteiger partial charge on any atom is 0.200 e. The number of fused-ring (bicyclic) bond motifs is 5. The molecule has 3 aliphatic rings. The van der Waals surface area contributed by atoms with Crippen LogP contribution < -0.4 is 5.32 Å². The highest BCUT2D eigenvalue weighted by Gasteiger charge is 2.54. The number of aliphatic imine (C=N–C) groups is 1. The lowest BCUT2D eigenvalue weighted by atomic mass is 10.0. The summed E-state index contributed by atoms with van der Waals surface area (Å²) in [4.78, 5) is 8.48. The lowest BCUT2D eigenvalue weighted by Gasteiger charge is -2.37. The number of halogens is 1. The van der Waals surface area contributed by atoms with Crippen LogP contribution in [0, 0.1) is 0 Å². The van der Waals surface area contributed by atoms with Crippen molar-refractivity contribution in [3.8, 4) is 0 Å². The third-order valence-electron chi connectivity index (χ3n) is 4.01. The van der Waals surface area contributed by atoms with Crippen molar-refractivity contribution in [2.75, 3.05) is 0 Å². The predicted molar refractivity (Wildman–Crippen MR) is 82.3 cm³/mol. The van der Waals surface area contributed by atoms with Crippen LogP contribution in [0.4, 0.5) is 0 Å². The van der Waals surface area contributed by atoms with Gasteiger partial charge in [0.1, 0.15) is 10.9 Å². The summed E-state index contributed by atoms with van der Waals surface area (Å²) in [5, 5.41) is 3.46. The van der Waals surface area contributed by atoms with Crippen molar-refractivity contribution in [1.82, 2.24) is 10.2 Å². The molecule has 98 valence electrons. The Morgan fingerprint density at radius 1 is 1.42 bits per heavy atom. The van der Waals surface area contributed by atoms with E-state index in [9.17, 15) is 0 Å². The Morgan fingerprint density at radius 3 is 3.05 bits per heavy atom. The molecule has 0 saturated heterocycles. The SMILES string of the molecule is CC1NC2=NC3c4ccccc4SC3(C)N2C=C1Br. The number of rotatable bonds is 0.